The van der Waals surface area contributed by atoms with Gasteiger partial charge in [0.1, 0.15) is 24.4 Å². The zero-order chi connectivity index (χ0) is 23.0. The number of hydrogen-bond acceptors (Lipinski definition) is 7. The van der Waals surface area contributed by atoms with E-state index in [9.17, 15) is 0 Å². The average molecular weight is 453 g/mol. The van der Waals surface area contributed by atoms with Gasteiger partial charge in [-0.05, 0) is 25.7 Å². The Bertz CT molecular complexity index is 586. The van der Waals surface area contributed by atoms with Crippen molar-refractivity contribution in [1.29, 1.82) is 0 Å². The van der Waals surface area contributed by atoms with Crippen molar-refractivity contribution in [1.82, 2.24) is 9.97 Å². The molecule has 0 aromatic carbocycles. The van der Waals surface area contributed by atoms with E-state index in [0.717, 1.165) is 63.7 Å². The van der Waals surface area contributed by atoms with Crippen LogP contribution >= 0.6 is 0 Å². The summed E-state index contributed by atoms with van der Waals surface area (Å²) in [5.41, 5.74) is 0.745. The van der Waals surface area contributed by atoms with Gasteiger partial charge in [0, 0.05) is 19.8 Å². The van der Waals surface area contributed by atoms with Crippen LogP contribution in [0.4, 0.5) is 0 Å². The van der Waals surface area contributed by atoms with Crippen LogP contribution in [0, 0.1) is 0 Å². The SMILES string of the molecule is CCCCOC[C@H]1O[C@@H](c2cnc(OCCCC)cn2)[C@@H](OCCCC)C1OCCCC. The Labute approximate surface area is 194 Å². The van der Waals surface area contributed by atoms with Crippen LogP contribution in [0.2, 0.25) is 0 Å². The molecule has 184 valence electrons. The molecule has 0 saturated carbocycles. The molecule has 0 N–H and O–H groups in total. The molecule has 1 aliphatic heterocycles. The maximum Gasteiger partial charge on any atom is 0.232 e. The first-order chi connectivity index (χ1) is 15.7. The van der Waals surface area contributed by atoms with Crippen LogP contribution in [0.5, 0.6) is 5.88 Å². The van der Waals surface area contributed by atoms with Crippen LogP contribution in [0.15, 0.2) is 12.4 Å². The lowest BCUT2D eigenvalue weighted by atomic mass is 10.1. The fraction of sp³-hybridized carbons (Fsp3) is 0.840. The zero-order valence-corrected chi connectivity index (χ0v) is 20.6. The van der Waals surface area contributed by atoms with Gasteiger partial charge in [0.2, 0.25) is 5.88 Å². The first kappa shape index (κ1) is 27.0. The average Bonchev–Trinajstić information content (AvgIpc) is 3.15. The van der Waals surface area contributed by atoms with Crippen molar-refractivity contribution in [3.63, 3.8) is 0 Å². The molecule has 1 aliphatic rings. The van der Waals surface area contributed by atoms with Gasteiger partial charge in [0.15, 0.2) is 0 Å². The van der Waals surface area contributed by atoms with Gasteiger partial charge in [-0.1, -0.05) is 53.4 Å². The Kier molecular flexibility index (Phi) is 13.8. The molecule has 0 bridgehead atoms. The van der Waals surface area contributed by atoms with Gasteiger partial charge < -0.3 is 23.7 Å². The van der Waals surface area contributed by atoms with Gasteiger partial charge in [-0.3, -0.25) is 4.98 Å². The number of hydrogen-bond donors (Lipinski definition) is 0. The van der Waals surface area contributed by atoms with Crippen LogP contribution in [-0.4, -0.2) is 61.3 Å². The first-order valence-corrected chi connectivity index (χ1v) is 12.7. The van der Waals surface area contributed by atoms with E-state index in [1.54, 1.807) is 12.4 Å². The summed E-state index contributed by atoms with van der Waals surface area (Å²) in [6.07, 6.45) is 10.9. The summed E-state index contributed by atoms with van der Waals surface area (Å²) < 4.78 is 30.6. The van der Waals surface area contributed by atoms with E-state index >= 15 is 0 Å². The van der Waals surface area contributed by atoms with Crippen LogP contribution in [0.3, 0.4) is 0 Å². The fourth-order valence-electron chi connectivity index (χ4n) is 3.53. The quantitative estimate of drug-likeness (QED) is 0.280. The minimum atomic E-state index is -0.338. The third-order valence-corrected chi connectivity index (χ3v) is 5.54. The van der Waals surface area contributed by atoms with Crippen molar-refractivity contribution in [3.05, 3.63) is 18.1 Å². The third kappa shape index (κ3) is 8.93. The highest BCUT2D eigenvalue weighted by Gasteiger charge is 2.47. The van der Waals surface area contributed by atoms with Gasteiger partial charge in [-0.25, -0.2) is 4.98 Å². The summed E-state index contributed by atoms with van der Waals surface area (Å²) in [6, 6.07) is 0. The Balaban J connectivity index is 2.12. The van der Waals surface area contributed by atoms with E-state index in [2.05, 4.69) is 37.7 Å². The smallest absolute Gasteiger partial charge is 0.232 e. The van der Waals surface area contributed by atoms with Crippen LogP contribution < -0.4 is 4.74 Å². The largest absolute Gasteiger partial charge is 0.477 e. The molecule has 1 saturated heterocycles. The molecule has 0 aliphatic carbocycles. The summed E-state index contributed by atoms with van der Waals surface area (Å²) in [5, 5.41) is 0. The first-order valence-electron chi connectivity index (χ1n) is 12.7. The molecule has 2 rings (SSSR count). The second-order valence-electron chi connectivity index (χ2n) is 8.38. The molecular formula is C25H44N2O5. The zero-order valence-electron chi connectivity index (χ0n) is 20.6. The summed E-state index contributed by atoms with van der Waals surface area (Å²) in [6.45, 7) is 11.9. The molecule has 2 heterocycles. The fourth-order valence-corrected chi connectivity index (χ4v) is 3.53. The highest BCUT2D eigenvalue weighted by Crippen LogP contribution is 2.37. The van der Waals surface area contributed by atoms with E-state index in [-0.39, 0.29) is 24.4 Å². The van der Waals surface area contributed by atoms with Gasteiger partial charge in [-0.2, -0.15) is 0 Å². The normalized spacial score (nSPS) is 23.0. The minimum absolute atomic E-state index is 0.188. The molecule has 0 spiro atoms. The molecule has 1 aromatic rings. The van der Waals surface area contributed by atoms with E-state index in [4.69, 9.17) is 23.7 Å². The lowest BCUT2D eigenvalue weighted by Gasteiger charge is -2.25. The van der Waals surface area contributed by atoms with Gasteiger partial charge in [0.25, 0.3) is 0 Å². The summed E-state index contributed by atoms with van der Waals surface area (Å²) in [5.74, 6) is 0.541. The summed E-state index contributed by atoms with van der Waals surface area (Å²) >= 11 is 0. The monoisotopic (exact) mass is 452 g/mol. The molecule has 1 fully saturated rings. The van der Waals surface area contributed by atoms with E-state index < -0.39 is 0 Å². The number of rotatable bonds is 18. The van der Waals surface area contributed by atoms with Crippen molar-refractivity contribution < 1.29 is 23.7 Å². The maximum atomic E-state index is 6.43. The van der Waals surface area contributed by atoms with Crippen LogP contribution in [-0.2, 0) is 18.9 Å². The van der Waals surface area contributed by atoms with Crippen molar-refractivity contribution in [2.75, 3.05) is 33.0 Å². The van der Waals surface area contributed by atoms with E-state index in [1.807, 2.05) is 0 Å². The minimum Gasteiger partial charge on any atom is -0.477 e. The van der Waals surface area contributed by atoms with Gasteiger partial charge in [0.05, 0.1) is 31.3 Å². The number of aromatic nitrogens is 2. The number of nitrogens with zero attached hydrogens (tertiary/aromatic N) is 2. The van der Waals surface area contributed by atoms with Crippen molar-refractivity contribution in [2.45, 2.75) is 103 Å². The topological polar surface area (TPSA) is 71.9 Å². The lowest BCUT2D eigenvalue weighted by Crippen LogP contribution is -2.38. The summed E-state index contributed by atoms with van der Waals surface area (Å²) in [7, 11) is 0. The highest BCUT2D eigenvalue weighted by molar-refractivity contribution is 5.13. The van der Waals surface area contributed by atoms with Crippen LogP contribution in [0.1, 0.15) is 90.9 Å². The van der Waals surface area contributed by atoms with E-state index in [0.29, 0.717) is 32.3 Å². The van der Waals surface area contributed by atoms with Crippen LogP contribution in [0.25, 0.3) is 0 Å². The second-order valence-corrected chi connectivity index (χ2v) is 8.38. The number of ether oxygens (including phenoxy) is 5. The third-order valence-electron chi connectivity index (χ3n) is 5.54. The Morgan fingerprint density at radius 1 is 0.750 bits per heavy atom. The van der Waals surface area contributed by atoms with Crippen molar-refractivity contribution in [3.8, 4) is 5.88 Å². The van der Waals surface area contributed by atoms with Crippen molar-refractivity contribution >= 4 is 0 Å². The van der Waals surface area contributed by atoms with Gasteiger partial charge >= 0.3 is 0 Å². The van der Waals surface area contributed by atoms with Crippen molar-refractivity contribution in [2.24, 2.45) is 0 Å². The molecule has 7 heteroatoms. The molecule has 7 nitrogen and oxygen atoms in total. The highest BCUT2D eigenvalue weighted by atomic mass is 16.6. The Morgan fingerprint density at radius 2 is 1.38 bits per heavy atom. The number of unbranched alkanes of at least 4 members (excludes halogenated alkanes) is 4. The van der Waals surface area contributed by atoms with Gasteiger partial charge in [-0.15, -0.1) is 0 Å². The molecule has 0 amide bonds. The Morgan fingerprint density at radius 3 is 2.00 bits per heavy atom. The second kappa shape index (κ2) is 16.4. The molecule has 1 unspecified atom stereocenters. The molecule has 32 heavy (non-hydrogen) atoms. The summed E-state index contributed by atoms with van der Waals surface area (Å²) in [4.78, 5) is 9.05. The maximum absolute atomic E-state index is 6.43. The molecular weight excluding hydrogens is 408 g/mol. The molecule has 4 atom stereocenters. The molecule has 0 radical (unpaired) electrons. The predicted octanol–water partition coefficient (Wildman–Crippen LogP) is 5.28. The molecule has 1 aromatic heterocycles. The Hall–Kier alpha value is -1.28. The lowest BCUT2D eigenvalue weighted by molar-refractivity contribution is -0.0795. The predicted molar refractivity (Wildman–Crippen MR) is 125 cm³/mol. The standard InChI is InChI=1S/C25H44N2O5/c1-5-9-13-28-19-21-24(30-15-11-7-3)25(31-16-12-8-4)23(32-21)20-17-27-22(18-26-20)29-14-10-6-2/h17-18,21,23-25H,5-16,19H2,1-4H3/t21-,23+,24?,25-/m1/s1. The van der Waals surface area contributed by atoms with E-state index in [1.165, 1.54) is 0 Å².